The van der Waals surface area contributed by atoms with Crippen LogP contribution in [0.15, 0.2) is 18.2 Å². The zero-order chi connectivity index (χ0) is 16.1. The quantitative estimate of drug-likeness (QED) is 0.801. The summed E-state index contributed by atoms with van der Waals surface area (Å²) in [5, 5.41) is 14.0. The Bertz CT molecular complexity index is 505. The number of aliphatic hydroxyl groups is 1. The molecule has 3 unspecified atom stereocenters. The van der Waals surface area contributed by atoms with Crippen molar-refractivity contribution < 1.29 is 14.6 Å². The highest BCUT2D eigenvalue weighted by atomic mass is 35.5. The average Bonchev–Trinajstić information content (AvgIpc) is 3.19. The number of benzene rings is 1. The van der Waals surface area contributed by atoms with E-state index in [2.05, 4.69) is 5.32 Å². The number of hydrogen-bond acceptors (Lipinski definition) is 4. The minimum atomic E-state index is -0.155. The van der Waals surface area contributed by atoms with E-state index in [1.165, 1.54) is 0 Å². The predicted molar refractivity (Wildman–Crippen MR) is 91.0 cm³/mol. The molecule has 0 radical (unpaired) electrons. The molecule has 2 N–H and O–H groups in total. The topological polar surface area (TPSA) is 50.7 Å². The van der Waals surface area contributed by atoms with Crippen molar-refractivity contribution in [1.82, 2.24) is 5.32 Å². The van der Waals surface area contributed by atoms with Crippen LogP contribution in [0, 0.1) is 5.92 Å². The van der Waals surface area contributed by atoms with Crippen LogP contribution in [-0.2, 0) is 11.3 Å². The lowest BCUT2D eigenvalue weighted by Crippen LogP contribution is -2.27. The van der Waals surface area contributed by atoms with Gasteiger partial charge in [0.2, 0.25) is 0 Å². The van der Waals surface area contributed by atoms with Crippen LogP contribution in [0.25, 0.3) is 0 Å². The molecule has 4 nitrogen and oxygen atoms in total. The first-order chi connectivity index (χ1) is 11.2. The smallest absolute Gasteiger partial charge is 0.124 e. The maximum absolute atomic E-state index is 9.89. The summed E-state index contributed by atoms with van der Waals surface area (Å²) >= 11 is 6.13. The minimum Gasteiger partial charge on any atom is -0.491 e. The zero-order valence-electron chi connectivity index (χ0n) is 13.5. The number of aliphatic hydroxyl groups excluding tert-OH is 1. The summed E-state index contributed by atoms with van der Waals surface area (Å²) in [4.78, 5) is 0. The third-order valence-corrected chi connectivity index (χ3v) is 5.05. The summed E-state index contributed by atoms with van der Waals surface area (Å²) in [5.41, 5.74) is 1.06. The van der Waals surface area contributed by atoms with E-state index in [1.54, 1.807) is 0 Å². The molecule has 0 bridgehead atoms. The average molecular weight is 340 g/mol. The fourth-order valence-corrected chi connectivity index (χ4v) is 3.63. The Morgan fingerprint density at radius 1 is 1.26 bits per heavy atom. The van der Waals surface area contributed by atoms with Gasteiger partial charge in [-0.1, -0.05) is 18.0 Å². The van der Waals surface area contributed by atoms with Gasteiger partial charge in [0, 0.05) is 30.3 Å². The summed E-state index contributed by atoms with van der Waals surface area (Å²) in [6.45, 7) is 2.96. The van der Waals surface area contributed by atoms with Crippen LogP contribution in [0.1, 0.15) is 37.7 Å². The molecule has 1 saturated carbocycles. The van der Waals surface area contributed by atoms with Crippen molar-refractivity contribution in [2.45, 2.75) is 50.9 Å². The molecule has 1 aliphatic heterocycles. The molecule has 1 aromatic rings. The van der Waals surface area contributed by atoms with Crippen LogP contribution < -0.4 is 10.1 Å². The van der Waals surface area contributed by atoms with Crippen molar-refractivity contribution in [2.75, 3.05) is 19.8 Å². The summed E-state index contributed by atoms with van der Waals surface area (Å²) in [7, 11) is 0. The lowest BCUT2D eigenvalue weighted by molar-refractivity contribution is 0.0675. The summed E-state index contributed by atoms with van der Waals surface area (Å²) in [5.74, 6) is 1.23. The monoisotopic (exact) mass is 339 g/mol. The normalized spacial score (nSPS) is 27.5. The molecule has 1 aromatic carbocycles. The van der Waals surface area contributed by atoms with Crippen LogP contribution in [0.3, 0.4) is 0 Å². The highest BCUT2D eigenvalue weighted by Gasteiger charge is 2.24. The van der Waals surface area contributed by atoms with Gasteiger partial charge < -0.3 is 19.9 Å². The van der Waals surface area contributed by atoms with E-state index < -0.39 is 0 Å². The predicted octanol–water partition coefficient (Wildman–Crippen LogP) is 3.15. The number of ether oxygens (including phenoxy) is 2. The maximum Gasteiger partial charge on any atom is 0.124 e. The second-order valence-corrected chi connectivity index (χ2v) is 7.02. The molecule has 0 spiro atoms. The third kappa shape index (κ3) is 4.83. The van der Waals surface area contributed by atoms with E-state index >= 15 is 0 Å². The van der Waals surface area contributed by atoms with Crippen molar-refractivity contribution in [1.29, 1.82) is 0 Å². The standard InChI is InChI=1S/C18H26ClNO3/c19-15-6-7-18(23-12-16-4-2-8-22-16)14(9-15)11-20-10-13-3-1-5-17(13)21/h6-7,9,13,16-17,20-21H,1-5,8,10-12H2. The molecule has 128 valence electrons. The molecule has 3 rings (SSSR count). The van der Waals surface area contributed by atoms with E-state index in [0.717, 1.165) is 56.6 Å². The molecule has 5 heteroatoms. The lowest BCUT2D eigenvalue weighted by Gasteiger charge is -2.18. The first-order valence-corrected chi connectivity index (χ1v) is 9.02. The first-order valence-electron chi connectivity index (χ1n) is 8.64. The first kappa shape index (κ1) is 17.0. The van der Waals surface area contributed by atoms with Gasteiger partial charge in [0.05, 0.1) is 12.2 Å². The highest BCUT2D eigenvalue weighted by Crippen LogP contribution is 2.26. The van der Waals surface area contributed by atoms with E-state index in [1.807, 2.05) is 18.2 Å². The van der Waals surface area contributed by atoms with Crippen LogP contribution in [0.4, 0.5) is 0 Å². The summed E-state index contributed by atoms with van der Waals surface area (Å²) in [6.07, 6.45) is 5.40. The van der Waals surface area contributed by atoms with Crippen molar-refractivity contribution >= 4 is 11.6 Å². The van der Waals surface area contributed by atoms with Gasteiger partial charge in [0.15, 0.2) is 0 Å². The van der Waals surface area contributed by atoms with Gasteiger partial charge in [-0.25, -0.2) is 0 Å². The molecule has 2 fully saturated rings. The highest BCUT2D eigenvalue weighted by molar-refractivity contribution is 6.30. The Morgan fingerprint density at radius 3 is 2.91 bits per heavy atom. The Balaban J connectivity index is 1.52. The number of hydrogen-bond donors (Lipinski definition) is 2. The van der Waals surface area contributed by atoms with Crippen molar-refractivity contribution in [3.8, 4) is 5.75 Å². The van der Waals surface area contributed by atoms with E-state index in [-0.39, 0.29) is 12.2 Å². The Hall–Kier alpha value is -0.810. The number of halogens is 1. The molecule has 1 aliphatic carbocycles. The van der Waals surface area contributed by atoms with Crippen LogP contribution in [0.2, 0.25) is 5.02 Å². The van der Waals surface area contributed by atoms with E-state index in [4.69, 9.17) is 21.1 Å². The van der Waals surface area contributed by atoms with Gasteiger partial charge in [-0.15, -0.1) is 0 Å². The number of rotatable bonds is 7. The summed E-state index contributed by atoms with van der Waals surface area (Å²) < 4.78 is 11.6. The van der Waals surface area contributed by atoms with Crippen LogP contribution >= 0.6 is 11.6 Å². The van der Waals surface area contributed by atoms with Gasteiger partial charge in [-0.3, -0.25) is 0 Å². The maximum atomic E-state index is 9.89. The third-order valence-electron chi connectivity index (χ3n) is 4.81. The van der Waals surface area contributed by atoms with Gasteiger partial charge in [-0.2, -0.15) is 0 Å². The largest absolute Gasteiger partial charge is 0.491 e. The molecule has 3 atom stereocenters. The van der Waals surface area contributed by atoms with Gasteiger partial charge in [0.25, 0.3) is 0 Å². The minimum absolute atomic E-state index is 0.155. The van der Waals surface area contributed by atoms with Crippen LogP contribution in [-0.4, -0.2) is 37.1 Å². The Labute approximate surface area is 143 Å². The van der Waals surface area contributed by atoms with E-state index in [9.17, 15) is 5.11 Å². The van der Waals surface area contributed by atoms with Gasteiger partial charge in [0.1, 0.15) is 12.4 Å². The fraction of sp³-hybridized carbons (Fsp3) is 0.667. The van der Waals surface area contributed by atoms with Crippen molar-refractivity contribution in [3.05, 3.63) is 28.8 Å². The summed E-state index contributed by atoms with van der Waals surface area (Å²) in [6, 6.07) is 5.74. The molecule has 2 aliphatic rings. The molecule has 0 aromatic heterocycles. The Morgan fingerprint density at radius 2 is 2.17 bits per heavy atom. The molecule has 0 amide bonds. The second kappa shape index (κ2) is 8.34. The SMILES string of the molecule is OC1CCCC1CNCc1cc(Cl)ccc1OCC1CCCO1. The Kier molecular flexibility index (Phi) is 6.17. The number of nitrogens with one attached hydrogen (secondary N) is 1. The van der Waals surface area contributed by atoms with E-state index in [0.29, 0.717) is 24.1 Å². The zero-order valence-corrected chi connectivity index (χ0v) is 14.2. The van der Waals surface area contributed by atoms with Gasteiger partial charge >= 0.3 is 0 Å². The molecular weight excluding hydrogens is 314 g/mol. The van der Waals surface area contributed by atoms with Gasteiger partial charge in [-0.05, 0) is 49.8 Å². The lowest BCUT2D eigenvalue weighted by atomic mass is 10.1. The fourth-order valence-electron chi connectivity index (χ4n) is 3.43. The molecular formula is C18H26ClNO3. The van der Waals surface area contributed by atoms with Crippen molar-refractivity contribution in [3.63, 3.8) is 0 Å². The molecule has 23 heavy (non-hydrogen) atoms. The molecule has 1 heterocycles. The van der Waals surface area contributed by atoms with Crippen molar-refractivity contribution in [2.24, 2.45) is 5.92 Å². The van der Waals surface area contributed by atoms with Crippen LogP contribution in [0.5, 0.6) is 5.75 Å². The second-order valence-electron chi connectivity index (χ2n) is 6.59. The molecule has 1 saturated heterocycles.